The van der Waals surface area contributed by atoms with E-state index in [9.17, 15) is 13.2 Å². The summed E-state index contributed by atoms with van der Waals surface area (Å²) in [6.07, 6.45) is -4.37. The molecule has 1 rings (SSSR count). The molecule has 6 heteroatoms. The SMILES string of the molecule is CCOc1nc(C(F)(F)F)cs1. The second-order valence-electron chi connectivity index (χ2n) is 1.93. The zero-order valence-electron chi connectivity index (χ0n) is 6.18. The Balaban J connectivity index is 2.77. The molecule has 2 nitrogen and oxygen atoms in total. The molecule has 0 spiro atoms. The van der Waals surface area contributed by atoms with Gasteiger partial charge in [0.1, 0.15) is 0 Å². The van der Waals surface area contributed by atoms with Crippen LogP contribution in [0.15, 0.2) is 5.38 Å². The predicted octanol–water partition coefficient (Wildman–Crippen LogP) is 2.56. The second-order valence-corrected chi connectivity index (χ2v) is 2.75. The zero-order valence-corrected chi connectivity index (χ0v) is 7.00. The summed E-state index contributed by atoms with van der Waals surface area (Å²) in [5.74, 6) is 0. The molecular weight excluding hydrogens is 191 g/mol. The van der Waals surface area contributed by atoms with E-state index in [-0.39, 0.29) is 5.19 Å². The summed E-state index contributed by atoms with van der Waals surface area (Å²) in [6.45, 7) is 2.01. The number of hydrogen-bond donors (Lipinski definition) is 0. The van der Waals surface area contributed by atoms with Crippen molar-refractivity contribution in [1.29, 1.82) is 0 Å². The lowest BCUT2D eigenvalue weighted by molar-refractivity contribution is -0.140. The Morgan fingerprint density at radius 2 is 2.25 bits per heavy atom. The third-order valence-corrected chi connectivity index (χ3v) is 1.79. The van der Waals surface area contributed by atoms with Gasteiger partial charge in [0.2, 0.25) is 0 Å². The molecule has 0 aliphatic rings. The quantitative estimate of drug-likeness (QED) is 0.726. The molecule has 0 aromatic carbocycles. The third kappa shape index (κ3) is 2.10. The van der Waals surface area contributed by atoms with Gasteiger partial charge in [-0.2, -0.15) is 18.2 Å². The average molecular weight is 197 g/mol. The highest BCUT2D eigenvalue weighted by Gasteiger charge is 2.33. The molecule has 0 aliphatic heterocycles. The second kappa shape index (κ2) is 3.30. The van der Waals surface area contributed by atoms with E-state index in [0.29, 0.717) is 6.61 Å². The largest absolute Gasteiger partial charge is 0.470 e. The van der Waals surface area contributed by atoms with E-state index in [1.54, 1.807) is 6.92 Å². The highest BCUT2D eigenvalue weighted by Crippen LogP contribution is 2.32. The first-order valence-electron chi connectivity index (χ1n) is 3.19. The van der Waals surface area contributed by atoms with E-state index in [1.165, 1.54) is 0 Å². The van der Waals surface area contributed by atoms with E-state index in [2.05, 4.69) is 4.98 Å². The molecular formula is C6H6F3NOS. The van der Waals surface area contributed by atoms with Crippen molar-refractivity contribution in [2.45, 2.75) is 13.1 Å². The van der Waals surface area contributed by atoms with Crippen LogP contribution in [0.2, 0.25) is 0 Å². The summed E-state index contributed by atoms with van der Waals surface area (Å²) < 4.78 is 40.6. The molecule has 0 saturated carbocycles. The Kier molecular flexibility index (Phi) is 2.56. The van der Waals surface area contributed by atoms with Crippen molar-refractivity contribution < 1.29 is 17.9 Å². The van der Waals surface area contributed by atoms with E-state index in [4.69, 9.17) is 4.74 Å². The maximum absolute atomic E-state index is 11.9. The molecule has 1 heterocycles. The predicted molar refractivity (Wildman–Crippen MR) is 38.3 cm³/mol. The van der Waals surface area contributed by atoms with Crippen molar-refractivity contribution in [2.75, 3.05) is 6.61 Å². The number of halogens is 3. The Bertz CT molecular complexity index is 258. The molecule has 0 aliphatic carbocycles. The van der Waals surface area contributed by atoms with Gasteiger partial charge in [0.05, 0.1) is 6.61 Å². The topological polar surface area (TPSA) is 22.1 Å². The molecule has 0 radical (unpaired) electrons. The minimum Gasteiger partial charge on any atom is -0.470 e. The van der Waals surface area contributed by atoms with Gasteiger partial charge >= 0.3 is 6.18 Å². The summed E-state index contributed by atoms with van der Waals surface area (Å²) in [5.41, 5.74) is -0.893. The monoisotopic (exact) mass is 197 g/mol. The highest BCUT2D eigenvalue weighted by molar-refractivity contribution is 7.11. The van der Waals surface area contributed by atoms with Gasteiger partial charge in [-0.15, -0.1) is 0 Å². The first-order valence-corrected chi connectivity index (χ1v) is 4.07. The fraction of sp³-hybridized carbons (Fsp3) is 0.500. The van der Waals surface area contributed by atoms with Crippen molar-refractivity contribution in [1.82, 2.24) is 4.98 Å². The van der Waals surface area contributed by atoms with Gasteiger partial charge in [-0.25, -0.2) is 0 Å². The normalized spacial score (nSPS) is 11.7. The fourth-order valence-electron chi connectivity index (χ4n) is 0.577. The number of alkyl halides is 3. The third-order valence-electron chi connectivity index (χ3n) is 1.04. The van der Waals surface area contributed by atoms with Crippen molar-refractivity contribution in [3.63, 3.8) is 0 Å². The summed E-state index contributed by atoms with van der Waals surface area (Å²) in [4.78, 5) is 3.24. The molecule has 0 bridgehead atoms. The molecule has 0 atom stereocenters. The van der Waals surface area contributed by atoms with Crippen LogP contribution in [-0.2, 0) is 6.18 Å². The number of hydrogen-bond acceptors (Lipinski definition) is 3. The molecule has 1 aromatic heterocycles. The summed E-state index contributed by atoms with van der Waals surface area (Å²) in [6, 6.07) is 0. The van der Waals surface area contributed by atoms with Crippen molar-refractivity contribution in [3.05, 3.63) is 11.1 Å². The van der Waals surface area contributed by atoms with Crippen LogP contribution in [-0.4, -0.2) is 11.6 Å². The minimum absolute atomic E-state index is 0.0600. The number of thiazole rings is 1. The van der Waals surface area contributed by atoms with E-state index in [1.807, 2.05) is 0 Å². The van der Waals surface area contributed by atoms with Gasteiger partial charge in [-0.3, -0.25) is 0 Å². The molecule has 0 saturated heterocycles. The van der Waals surface area contributed by atoms with E-state index < -0.39 is 11.9 Å². The van der Waals surface area contributed by atoms with E-state index in [0.717, 1.165) is 16.7 Å². The molecule has 68 valence electrons. The van der Waals surface area contributed by atoms with Crippen LogP contribution in [0.25, 0.3) is 0 Å². The Morgan fingerprint density at radius 1 is 1.58 bits per heavy atom. The minimum atomic E-state index is -4.37. The summed E-state index contributed by atoms with van der Waals surface area (Å²) >= 11 is 0.848. The first-order chi connectivity index (χ1) is 5.54. The molecule has 0 amide bonds. The van der Waals surface area contributed by atoms with Crippen molar-refractivity contribution >= 4 is 11.3 Å². The van der Waals surface area contributed by atoms with Gasteiger partial charge in [0.25, 0.3) is 5.19 Å². The van der Waals surface area contributed by atoms with Crippen LogP contribution in [0.4, 0.5) is 13.2 Å². The van der Waals surface area contributed by atoms with Crippen LogP contribution >= 0.6 is 11.3 Å². The summed E-state index contributed by atoms with van der Waals surface area (Å²) in [5, 5.41) is 0.996. The first kappa shape index (κ1) is 9.31. The maximum Gasteiger partial charge on any atom is 0.434 e. The molecule has 1 aromatic rings. The fourth-order valence-corrected chi connectivity index (χ4v) is 1.31. The van der Waals surface area contributed by atoms with Crippen molar-refractivity contribution in [2.24, 2.45) is 0 Å². The Labute approximate surface area is 71.0 Å². The lowest BCUT2D eigenvalue weighted by atomic mass is 10.5. The maximum atomic E-state index is 11.9. The average Bonchev–Trinajstić information content (AvgIpc) is 2.35. The zero-order chi connectivity index (χ0) is 9.19. The lowest BCUT2D eigenvalue weighted by Gasteiger charge is -1.99. The summed E-state index contributed by atoms with van der Waals surface area (Å²) in [7, 11) is 0. The van der Waals surface area contributed by atoms with Crippen LogP contribution in [0.1, 0.15) is 12.6 Å². The van der Waals surface area contributed by atoms with Crippen LogP contribution in [0, 0.1) is 0 Å². The van der Waals surface area contributed by atoms with Crippen molar-refractivity contribution in [3.8, 4) is 5.19 Å². The molecule has 0 fully saturated rings. The molecule has 0 N–H and O–H groups in total. The van der Waals surface area contributed by atoms with Crippen LogP contribution in [0.3, 0.4) is 0 Å². The Hall–Kier alpha value is -0.780. The number of rotatable bonds is 2. The molecule has 12 heavy (non-hydrogen) atoms. The van der Waals surface area contributed by atoms with Gasteiger partial charge in [-0.1, -0.05) is 11.3 Å². The van der Waals surface area contributed by atoms with Crippen LogP contribution in [0.5, 0.6) is 5.19 Å². The number of ether oxygens (including phenoxy) is 1. The van der Waals surface area contributed by atoms with Gasteiger partial charge in [0.15, 0.2) is 5.69 Å². The standard InChI is InChI=1S/C6H6F3NOS/c1-2-11-5-10-4(3-12-5)6(7,8)9/h3H,2H2,1H3. The Morgan fingerprint density at radius 3 is 2.67 bits per heavy atom. The van der Waals surface area contributed by atoms with Gasteiger partial charge in [0, 0.05) is 5.38 Å². The van der Waals surface area contributed by atoms with E-state index >= 15 is 0 Å². The molecule has 0 unspecified atom stereocenters. The van der Waals surface area contributed by atoms with Gasteiger partial charge < -0.3 is 4.74 Å². The van der Waals surface area contributed by atoms with Gasteiger partial charge in [-0.05, 0) is 6.92 Å². The number of aromatic nitrogens is 1. The smallest absolute Gasteiger partial charge is 0.434 e. The number of nitrogens with zero attached hydrogens (tertiary/aromatic N) is 1. The van der Waals surface area contributed by atoms with Crippen LogP contribution < -0.4 is 4.74 Å². The lowest BCUT2D eigenvalue weighted by Crippen LogP contribution is -2.05. The highest BCUT2D eigenvalue weighted by atomic mass is 32.1.